The molecule has 5 nitrogen and oxygen atoms in total. The van der Waals surface area contributed by atoms with E-state index >= 15 is 4.39 Å². The van der Waals surface area contributed by atoms with Gasteiger partial charge < -0.3 is 9.64 Å². The quantitative estimate of drug-likeness (QED) is 0.575. The van der Waals surface area contributed by atoms with E-state index in [1.54, 1.807) is 11.1 Å². The van der Waals surface area contributed by atoms with E-state index in [4.69, 9.17) is 4.74 Å². The van der Waals surface area contributed by atoms with Gasteiger partial charge in [-0.05, 0) is 50.8 Å². The number of fused-ring (bicyclic) bond motifs is 1. The van der Waals surface area contributed by atoms with Gasteiger partial charge in [-0.15, -0.1) is 0 Å². The van der Waals surface area contributed by atoms with E-state index < -0.39 is 5.82 Å². The molecule has 2 aromatic carbocycles. The Morgan fingerprint density at radius 1 is 1.20 bits per heavy atom. The lowest BCUT2D eigenvalue weighted by Gasteiger charge is -2.36. The lowest BCUT2D eigenvalue weighted by molar-refractivity contribution is -0.117. The van der Waals surface area contributed by atoms with E-state index in [0.717, 1.165) is 30.4 Å². The van der Waals surface area contributed by atoms with Crippen molar-refractivity contribution in [1.29, 1.82) is 0 Å². The zero-order valence-electron chi connectivity index (χ0n) is 17.1. The minimum atomic E-state index is -0.402. The van der Waals surface area contributed by atoms with Crippen LogP contribution in [0.4, 0.5) is 10.1 Å². The molecule has 1 amide bonds. The van der Waals surface area contributed by atoms with Crippen LogP contribution in [0.5, 0.6) is 11.5 Å². The van der Waals surface area contributed by atoms with Crippen LogP contribution in [-0.2, 0) is 11.2 Å². The van der Waals surface area contributed by atoms with Crippen molar-refractivity contribution in [3.05, 3.63) is 60.2 Å². The minimum Gasteiger partial charge on any atom is -0.456 e. The summed E-state index contributed by atoms with van der Waals surface area (Å²) >= 11 is 0. The molecule has 1 saturated carbocycles. The van der Waals surface area contributed by atoms with Gasteiger partial charge in [-0.25, -0.2) is 4.39 Å². The van der Waals surface area contributed by atoms with Crippen LogP contribution in [0, 0.1) is 5.82 Å². The number of hydrogen-bond acceptors (Lipinski definition) is 3. The van der Waals surface area contributed by atoms with Gasteiger partial charge in [0.2, 0.25) is 5.91 Å². The SMILES string of the molecule is CC(=O)N1c2c(F)cc(-c3cnn(C4CC4)c3)c(Oc3ccccc3)c2CC[C@@H]1C. The number of benzene rings is 2. The molecule has 1 atom stereocenters. The Kier molecular flexibility index (Phi) is 4.57. The molecule has 1 fully saturated rings. The minimum absolute atomic E-state index is 0.0578. The summed E-state index contributed by atoms with van der Waals surface area (Å²) in [5.41, 5.74) is 2.56. The summed E-state index contributed by atoms with van der Waals surface area (Å²) in [6.07, 6.45) is 7.37. The molecular weight excluding hydrogens is 381 g/mol. The first-order valence-corrected chi connectivity index (χ1v) is 10.5. The number of amides is 1. The van der Waals surface area contributed by atoms with Crippen LogP contribution in [0.2, 0.25) is 0 Å². The Morgan fingerprint density at radius 3 is 2.67 bits per heavy atom. The number of anilines is 1. The molecule has 6 heteroatoms. The predicted molar refractivity (Wildman–Crippen MR) is 113 cm³/mol. The maximum Gasteiger partial charge on any atom is 0.224 e. The topological polar surface area (TPSA) is 47.4 Å². The molecule has 3 aromatic rings. The number of para-hydroxylation sites is 1. The van der Waals surface area contributed by atoms with Crippen molar-refractivity contribution in [1.82, 2.24) is 9.78 Å². The van der Waals surface area contributed by atoms with Crippen molar-refractivity contribution in [3.63, 3.8) is 0 Å². The fraction of sp³-hybridized carbons (Fsp3) is 0.333. The Balaban J connectivity index is 1.69. The molecule has 2 heterocycles. The molecule has 1 aliphatic carbocycles. The maximum absolute atomic E-state index is 15.4. The van der Waals surface area contributed by atoms with Gasteiger partial charge in [0.1, 0.15) is 17.3 Å². The molecule has 0 unspecified atom stereocenters. The number of carbonyl (C=O) groups excluding carboxylic acids is 1. The number of rotatable bonds is 4. The molecule has 0 N–H and O–H groups in total. The van der Waals surface area contributed by atoms with Crippen molar-refractivity contribution in [2.45, 2.75) is 51.6 Å². The molecule has 1 aliphatic heterocycles. The Morgan fingerprint density at radius 2 is 1.97 bits per heavy atom. The summed E-state index contributed by atoms with van der Waals surface area (Å²) in [4.78, 5) is 13.9. The summed E-state index contributed by atoms with van der Waals surface area (Å²) in [5.74, 6) is 0.713. The normalized spacial score (nSPS) is 18.2. The Labute approximate surface area is 175 Å². The van der Waals surface area contributed by atoms with Gasteiger partial charge in [-0.2, -0.15) is 5.10 Å². The number of hydrogen-bond donors (Lipinski definition) is 0. The third-order valence-electron chi connectivity index (χ3n) is 5.93. The first-order valence-electron chi connectivity index (χ1n) is 10.5. The molecule has 2 aliphatic rings. The van der Waals surface area contributed by atoms with Crippen LogP contribution >= 0.6 is 0 Å². The largest absolute Gasteiger partial charge is 0.456 e. The second-order valence-electron chi connectivity index (χ2n) is 8.19. The van der Waals surface area contributed by atoms with Crippen molar-refractivity contribution >= 4 is 11.6 Å². The van der Waals surface area contributed by atoms with Crippen LogP contribution in [-0.4, -0.2) is 21.7 Å². The van der Waals surface area contributed by atoms with E-state index in [9.17, 15) is 4.79 Å². The van der Waals surface area contributed by atoms with Crippen LogP contribution in [0.1, 0.15) is 44.7 Å². The van der Waals surface area contributed by atoms with E-state index in [1.165, 1.54) is 13.0 Å². The highest BCUT2D eigenvalue weighted by Crippen LogP contribution is 2.46. The zero-order chi connectivity index (χ0) is 20.8. The summed E-state index contributed by atoms with van der Waals surface area (Å²) in [7, 11) is 0. The van der Waals surface area contributed by atoms with Crippen molar-refractivity contribution < 1.29 is 13.9 Å². The van der Waals surface area contributed by atoms with Gasteiger partial charge >= 0.3 is 0 Å². The van der Waals surface area contributed by atoms with Crippen LogP contribution in [0.3, 0.4) is 0 Å². The Hall–Kier alpha value is -3.15. The van der Waals surface area contributed by atoms with Gasteiger partial charge in [0, 0.05) is 35.9 Å². The predicted octanol–water partition coefficient (Wildman–Crippen LogP) is 5.50. The van der Waals surface area contributed by atoms with Crippen molar-refractivity contribution in [2.24, 2.45) is 0 Å². The lowest BCUT2D eigenvalue weighted by Crippen LogP contribution is -2.41. The first kappa shape index (κ1) is 18.9. The van der Waals surface area contributed by atoms with Gasteiger partial charge in [0.05, 0.1) is 17.9 Å². The number of carbonyl (C=O) groups is 1. The number of ether oxygens (including phenoxy) is 1. The van der Waals surface area contributed by atoms with E-state index in [0.29, 0.717) is 35.2 Å². The van der Waals surface area contributed by atoms with Crippen molar-refractivity contribution in [2.75, 3.05) is 4.90 Å². The van der Waals surface area contributed by atoms with Crippen LogP contribution in [0.25, 0.3) is 11.1 Å². The molecule has 5 rings (SSSR count). The highest BCUT2D eigenvalue weighted by atomic mass is 19.1. The first-order chi connectivity index (χ1) is 14.5. The fourth-order valence-corrected chi connectivity index (χ4v) is 4.29. The third kappa shape index (κ3) is 3.26. The summed E-state index contributed by atoms with van der Waals surface area (Å²) in [5, 5.41) is 4.47. The molecule has 0 radical (unpaired) electrons. The summed E-state index contributed by atoms with van der Waals surface area (Å²) in [6, 6.07) is 11.3. The fourth-order valence-electron chi connectivity index (χ4n) is 4.29. The monoisotopic (exact) mass is 405 g/mol. The van der Waals surface area contributed by atoms with E-state index in [-0.39, 0.29) is 11.9 Å². The smallest absolute Gasteiger partial charge is 0.224 e. The molecule has 0 bridgehead atoms. The molecular formula is C24H24FN3O2. The van der Waals surface area contributed by atoms with Crippen molar-refractivity contribution in [3.8, 4) is 22.6 Å². The van der Waals surface area contributed by atoms with Gasteiger partial charge in [-0.3, -0.25) is 9.48 Å². The van der Waals surface area contributed by atoms with Crippen LogP contribution in [0.15, 0.2) is 48.8 Å². The molecule has 0 spiro atoms. The zero-order valence-corrected chi connectivity index (χ0v) is 17.1. The second-order valence-corrected chi connectivity index (χ2v) is 8.19. The standard InChI is InChI=1S/C24H24FN3O2/c1-15-8-11-20-23(28(15)16(2)29)22(25)12-21(17-13-26-27(14-17)18-9-10-18)24(20)30-19-6-4-3-5-7-19/h3-7,12-15,18H,8-11H2,1-2H3/t15-/m0/s1. The van der Waals surface area contributed by atoms with E-state index in [2.05, 4.69) is 5.10 Å². The third-order valence-corrected chi connectivity index (χ3v) is 5.93. The summed E-state index contributed by atoms with van der Waals surface area (Å²) < 4.78 is 23.7. The van der Waals surface area contributed by atoms with Gasteiger partial charge in [-0.1, -0.05) is 18.2 Å². The average molecular weight is 405 g/mol. The summed E-state index contributed by atoms with van der Waals surface area (Å²) in [6.45, 7) is 3.44. The van der Waals surface area contributed by atoms with Crippen LogP contribution < -0.4 is 9.64 Å². The van der Waals surface area contributed by atoms with E-state index in [1.807, 2.05) is 48.1 Å². The highest BCUT2D eigenvalue weighted by molar-refractivity contribution is 5.95. The number of aromatic nitrogens is 2. The van der Waals surface area contributed by atoms with Gasteiger partial charge in [0.15, 0.2) is 0 Å². The highest BCUT2D eigenvalue weighted by Gasteiger charge is 2.34. The molecule has 30 heavy (non-hydrogen) atoms. The maximum atomic E-state index is 15.4. The number of nitrogens with zero attached hydrogens (tertiary/aromatic N) is 3. The molecule has 1 aromatic heterocycles. The lowest BCUT2D eigenvalue weighted by atomic mass is 9.91. The van der Waals surface area contributed by atoms with Gasteiger partial charge in [0.25, 0.3) is 0 Å². The molecule has 0 saturated heterocycles. The Bertz CT molecular complexity index is 1110. The number of halogens is 1. The average Bonchev–Trinajstić information content (AvgIpc) is 3.47. The second kappa shape index (κ2) is 7.27. The molecule has 154 valence electrons.